The number of halogens is 5. The van der Waals surface area contributed by atoms with Crippen LogP contribution in [0.4, 0.5) is 13.2 Å². The first-order valence-electron chi connectivity index (χ1n) is 23.6. The van der Waals surface area contributed by atoms with Gasteiger partial charge in [-0.2, -0.15) is 12.1 Å². The van der Waals surface area contributed by atoms with Gasteiger partial charge in [0.25, 0.3) is 0 Å². The minimum Gasteiger partial charge on any atom is -1.00 e. The second kappa shape index (κ2) is 24.5. The molecule has 0 saturated heterocycles. The smallest absolute Gasteiger partial charge is 0.0178 e. The summed E-state index contributed by atoms with van der Waals surface area (Å²) in [5.41, 5.74) is 7.85. The molecule has 0 bridgehead atoms. The van der Waals surface area contributed by atoms with E-state index in [2.05, 4.69) is 146 Å². The van der Waals surface area contributed by atoms with Crippen LogP contribution >= 0.6 is 0 Å². The minimum atomic E-state index is -3.93. The molecule has 8 aromatic carbocycles. The zero-order valence-corrected chi connectivity index (χ0v) is 42.7. The van der Waals surface area contributed by atoms with Crippen molar-refractivity contribution in [1.82, 2.24) is 0 Å². The van der Waals surface area contributed by atoms with E-state index in [0.29, 0.717) is 6.04 Å². The molecule has 0 spiro atoms. The van der Waals surface area contributed by atoms with Crippen LogP contribution in [0.5, 0.6) is 0 Å². The average molecular weight is 1010 g/mol. The van der Waals surface area contributed by atoms with E-state index in [1.807, 2.05) is 6.55 Å². The summed E-state index contributed by atoms with van der Waals surface area (Å²) in [6, 6.07) is 54.7. The van der Waals surface area contributed by atoms with Gasteiger partial charge < -0.3 is 24.8 Å². The van der Waals surface area contributed by atoms with Crippen molar-refractivity contribution in [2.75, 3.05) is 0 Å². The van der Waals surface area contributed by atoms with Crippen molar-refractivity contribution in [2.45, 2.75) is 115 Å². The summed E-state index contributed by atoms with van der Waals surface area (Å²) in [5.74, 6) is 1.77. The Morgan fingerprint density at radius 1 is 0.508 bits per heavy atom. The first-order chi connectivity index (χ1) is 30.6. The van der Waals surface area contributed by atoms with Gasteiger partial charge in [0.1, 0.15) is 0 Å². The first-order valence-corrected chi connectivity index (χ1v) is 29.5. The van der Waals surface area contributed by atoms with E-state index in [1.54, 1.807) is 0 Å². The largest absolute Gasteiger partial charge is 1.00 e. The number of rotatable bonds is 8. The van der Waals surface area contributed by atoms with Crippen molar-refractivity contribution in [3.63, 3.8) is 0 Å². The number of hydrogen-bond acceptors (Lipinski definition) is 0. The van der Waals surface area contributed by atoms with Crippen LogP contribution in [0.25, 0.3) is 65.3 Å². The summed E-state index contributed by atoms with van der Waals surface area (Å²) in [5, 5.41) is 10.9. The fourth-order valence-electron chi connectivity index (χ4n) is 10.2. The van der Waals surface area contributed by atoms with Crippen LogP contribution in [0.15, 0.2) is 146 Å². The number of fused-ring (bicyclic) bond motifs is 4. The van der Waals surface area contributed by atoms with Crippen LogP contribution in [-0.4, -0.2) is 11.6 Å². The van der Waals surface area contributed by atoms with Gasteiger partial charge >= 0.3 is 67.1 Å². The van der Waals surface area contributed by atoms with Gasteiger partial charge in [0, 0.05) is 0 Å². The Kier molecular flexibility index (Phi) is 19.2. The molecule has 0 amide bonds. The number of alkyl halides is 3. The molecule has 0 N–H and O–H groups in total. The zero-order chi connectivity index (χ0) is 43.6. The Hall–Kier alpha value is -3.47. The van der Waals surface area contributed by atoms with Crippen LogP contribution < -0.4 is 24.8 Å². The van der Waals surface area contributed by atoms with Crippen LogP contribution in [0.1, 0.15) is 94.6 Å². The Bertz CT molecular complexity index is 2570. The minimum absolute atomic E-state index is 0. The van der Waals surface area contributed by atoms with Crippen LogP contribution in [0.2, 0.25) is 12.6 Å². The van der Waals surface area contributed by atoms with E-state index in [1.165, 1.54) is 190 Å². The standard InChI is InChI=1S/2C27H27.C4H7F3Si.2ClH.Zr/c2*1-2-4-9-20(8-3-1)16-21-17-24-12-7-13-26(27(24)18-21)25-15-14-22-10-5-6-11-23(22)19-25;1-8-3-2-4(5,6)7;;;/h2*5-7,10-15,17-20H,1-4,8-9,16H2;2-3H2,1H3;2*1H;/q2*-1;;;;+2/p-2. The second-order valence-corrected chi connectivity index (χ2v) is 26.8. The quantitative estimate of drug-likeness (QED) is 0.0808. The van der Waals surface area contributed by atoms with Crippen LogP contribution in [0, 0.1) is 11.8 Å². The van der Waals surface area contributed by atoms with Crippen molar-refractivity contribution in [3.05, 3.63) is 157 Å². The maximum Gasteiger partial charge on any atom is -0.0178 e. The topological polar surface area (TPSA) is 0 Å². The van der Waals surface area contributed by atoms with Crippen LogP contribution in [0.3, 0.4) is 0 Å². The molecule has 0 heterocycles. The molecule has 7 heteroatoms. The van der Waals surface area contributed by atoms with Gasteiger partial charge in [0.05, 0.1) is 0 Å². The summed E-state index contributed by atoms with van der Waals surface area (Å²) >= 11 is 1.29. The molecule has 2 fully saturated rings. The summed E-state index contributed by atoms with van der Waals surface area (Å²) < 4.78 is 34.3. The normalized spacial score (nSPS) is 14.9. The fraction of sp³-hybridized carbons (Fsp3) is 0.345. The SMILES string of the molecule is C[Si](=[Zr+2])CCC(F)(F)F.[Cl-].[Cl-].c1ccc2cc(-c3cccc4[cH-]c(CC5CCCCCC5)cc34)ccc2c1.c1ccc2cc(-c3cccc4[cH-]c(CC5CCCCCC5)cc34)ccc2c1. The molecular weight excluding hydrogens is 944 g/mol. The molecule has 2 aliphatic rings. The summed E-state index contributed by atoms with van der Waals surface area (Å²) in [4.78, 5) is 0. The Morgan fingerprint density at radius 3 is 1.28 bits per heavy atom. The molecule has 10 rings (SSSR count). The van der Waals surface area contributed by atoms with E-state index in [4.69, 9.17) is 0 Å². The van der Waals surface area contributed by atoms with Gasteiger partial charge in [0.15, 0.2) is 0 Å². The maximum absolute atomic E-state index is 11.4. The molecule has 0 aliphatic heterocycles. The van der Waals surface area contributed by atoms with Crippen molar-refractivity contribution < 1.29 is 61.3 Å². The second-order valence-electron chi connectivity index (χ2n) is 18.5. The molecule has 0 nitrogen and oxygen atoms in total. The van der Waals surface area contributed by atoms with E-state index in [-0.39, 0.29) is 24.8 Å². The van der Waals surface area contributed by atoms with Gasteiger partial charge in [0.2, 0.25) is 0 Å². The van der Waals surface area contributed by atoms with Gasteiger partial charge in [-0.25, -0.2) is 0 Å². The molecule has 2 saturated carbocycles. The van der Waals surface area contributed by atoms with Crippen molar-refractivity contribution >= 4 is 48.5 Å². The summed E-state index contributed by atoms with van der Waals surface area (Å²) in [7, 11) is 0. The van der Waals surface area contributed by atoms with Crippen LogP contribution in [-0.2, 0) is 36.2 Å². The van der Waals surface area contributed by atoms with Gasteiger partial charge in [-0.1, -0.05) is 173 Å². The zero-order valence-electron chi connectivity index (χ0n) is 37.7. The van der Waals surface area contributed by atoms with Gasteiger partial charge in [-0.3, -0.25) is 0 Å². The summed E-state index contributed by atoms with van der Waals surface area (Å²) in [6.45, 7) is 1.93. The third-order valence-electron chi connectivity index (χ3n) is 13.5. The maximum atomic E-state index is 11.4. The third kappa shape index (κ3) is 14.3. The molecule has 0 aromatic heterocycles. The molecule has 2 aliphatic carbocycles. The molecular formula is C58H61Cl2F3SiZr-2. The van der Waals surface area contributed by atoms with E-state index in [0.717, 1.165) is 11.8 Å². The Morgan fingerprint density at radius 2 is 0.908 bits per heavy atom. The number of benzene rings is 6. The third-order valence-corrected chi connectivity index (χ3v) is 16.4. The van der Waals surface area contributed by atoms with E-state index < -0.39 is 18.0 Å². The molecule has 0 radical (unpaired) electrons. The Labute approximate surface area is 412 Å². The average Bonchev–Trinajstić information content (AvgIpc) is 3.68. The molecule has 65 heavy (non-hydrogen) atoms. The first kappa shape index (κ1) is 50.9. The van der Waals surface area contributed by atoms with Crippen molar-refractivity contribution in [2.24, 2.45) is 11.8 Å². The fourth-order valence-corrected chi connectivity index (χ4v) is 11.8. The monoisotopic (exact) mass is 1000 g/mol. The predicted molar refractivity (Wildman–Crippen MR) is 262 cm³/mol. The van der Waals surface area contributed by atoms with Crippen molar-refractivity contribution in [3.8, 4) is 22.3 Å². The van der Waals surface area contributed by atoms with Gasteiger partial charge in [-0.05, 0) is 69.5 Å². The Balaban J connectivity index is 0.000000177. The number of hydrogen-bond donors (Lipinski definition) is 0. The predicted octanol–water partition coefficient (Wildman–Crippen LogP) is 11.9. The van der Waals surface area contributed by atoms with Crippen molar-refractivity contribution in [1.29, 1.82) is 0 Å². The molecule has 0 atom stereocenters. The molecule has 0 unspecified atom stereocenters. The molecule has 338 valence electrons. The molecule has 8 aromatic rings. The summed E-state index contributed by atoms with van der Waals surface area (Å²) in [6.07, 6.45) is 15.1. The van der Waals surface area contributed by atoms with Gasteiger partial charge in [-0.15, -0.1) is 69.1 Å². The van der Waals surface area contributed by atoms with E-state index >= 15 is 0 Å². The van der Waals surface area contributed by atoms with E-state index in [9.17, 15) is 13.2 Å².